The van der Waals surface area contributed by atoms with E-state index in [-0.39, 0.29) is 5.69 Å². The summed E-state index contributed by atoms with van der Waals surface area (Å²) in [4.78, 5) is 11.9. The number of aromatic nitrogens is 3. The number of hydrogen-bond donors (Lipinski definition) is 2. The molecule has 0 amide bonds. The van der Waals surface area contributed by atoms with Gasteiger partial charge in [-0.15, -0.1) is 0 Å². The Balaban J connectivity index is 1.86. The van der Waals surface area contributed by atoms with Crippen molar-refractivity contribution in [3.8, 4) is 11.4 Å². The maximum Gasteiger partial charge on any atom is 0.362 e. The van der Waals surface area contributed by atoms with Gasteiger partial charge in [0.05, 0.1) is 6.54 Å². The summed E-state index contributed by atoms with van der Waals surface area (Å²) in [6.45, 7) is 0.472. The first kappa shape index (κ1) is 13.5. The molecule has 0 saturated carbocycles. The molecule has 0 aliphatic rings. The predicted molar refractivity (Wildman–Crippen MR) is 82.8 cm³/mol. The van der Waals surface area contributed by atoms with Crippen LogP contribution < -0.4 is 11.1 Å². The van der Waals surface area contributed by atoms with Crippen LogP contribution in [0.5, 0.6) is 0 Å². The first-order valence-corrected chi connectivity index (χ1v) is 6.83. The Morgan fingerprint density at radius 2 is 1.95 bits per heavy atom. The zero-order chi connectivity index (χ0) is 14.7. The highest BCUT2D eigenvalue weighted by Crippen LogP contribution is 2.14. The summed E-state index contributed by atoms with van der Waals surface area (Å²) < 4.78 is 1.40. The normalized spacial score (nSPS) is 10.5. The number of benzene rings is 2. The van der Waals surface area contributed by atoms with E-state index < -0.39 is 0 Å². The first-order valence-electron chi connectivity index (χ1n) is 6.45. The molecule has 3 rings (SSSR count). The van der Waals surface area contributed by atoms with E-state index in [0.29, 0.717) is 17.4 Å². The molecule has 3 aromatic rings. The molecule has 0 unspecified atom stereocenters. The van der Waals surface area contributed by atoms with Crippen LogP contribution in [-0.2, 0) is 6.54 Å². The van der Waals surface area contributed by atoms with E-state index in [9.17, 15) is 4.79 Å². The molecular formula is C15H13ClN4O. The number of halogens is 1. The highest BCUT2D eigenvalue weighted by Gasteiger charge is 2.09. The van der Waals surface area contributed by atoms with Crippen LogP contribution in [0.2, 0.25) is 5.02 Å². The number of aromatic amines is 1. The number of nitrogens with zero attached hydrogens (tertiary/aromatic N) is 2. The third-order valence-corrected chi connectivity index (χ3v) is 3.27. The van der Waals surface area contributed by atoms with Crippen LogP contribution in [0.4, 0.5) is 0 Å². The molecule has 5 nitrogen and oxygen atoms in total. The van der Waals surface area contributed by atoms with Gasteiger partial charge in [-0.3, -0.25) is 0 Å². The Morgan fingerprint density at radius 1 is 1.14 bits per heavy atom. The van der Waals surface area contributed by atoms with Gasteiger partial charge >= 0.3 is 5.69 Å². The fourth-order valence-electron chi connectivity index (χ4n) is 2.04. The lowest BCUT2D eigenvalue weighted by atomic mass is 10.2. The van der Waals surface area contributed by atoms with Crippen LogP contribution in [0, 0.1) is 0 Å². The first-order chi connectivity index (χ1) is 10.2. The number of rotatable bonds is 4. The Labute approximate surface area is 126 Å². The van der Waals surface area contributed by atoms with E-state index in [2.05, 4.69) is 15.6 Å². The fraction of sp³-hybridized carbons (Fsp3) is 0.0667. The molecule has 0 saturated heterocycles. The van der Waals surface area contributed by atoms with Gasteiger partial charge in [-0.25, -0.2) is 9.89 Å². The third kappa shape index (κ3) is 2.98. The molecule has 0 bridgehead atoms. The SMILES string of the molecule is O=c1[nH]nc(-c2ccccc2)n1NCc1cccc(Cl)c1. The summed E-state index contributed by atoms with van der Waals surface area (Å²) in [5.74, 6) is 0.544. The standard InChI is InChI=1S/C15H13ClN4O/c16-13-8-4-5-11(9-13)10-17-20-14(18-19-15(20)21)12-6-2-1-3-7-12/h1-9,17H,10H2,(H,19,21). The Kier molecular flexibility index (Phi) is 3.75. The molecular weight excluding hydrogens is 288 g/mol. The van der Waals surface area contributed by atoms with Gasteiger partial charge < -0.3 is 5.43 Å². The van der Waals surface area contributed by atoms with Crippen LogP contribution in [-0.4, -0.2) is 14.9 Å². The van der Waals surface area contributed by atoms with E-state index in [1.54, 1.807) is 0 Å². The summed E-state index contributed by atoms with van der Waals surface area (Å²) in [5, 5.41) is 7.17. The lowest BCUT2D eigenvalue weighted by Crippen LogP contribution is -2.27. The van der Waals surface area contributed by atoms with Crippen LogP contribution in [0.1, 0.15) is 5.56 Å². The predicted octanol–water partition coefficient (Wildman–Crippen LogP) is 2.64. The van der Waals surface area contributed by atoms with E-state index in [1.165, 1.54) is 4.68 Å². The molecule has 1 aromatic heterocycles. The summed E-state index contributed by atoms with van der Waals surface area (Å²) in [5.41, 5.74) is 4.58. The third-order valence-electron chi connectivity index (χ3n) is 3.03. The van der Waals surface area contributed by atoms with E-state index >= 15 is 0 Å². The van der Waals surface area contributed by atoms with Crippen LogP contribution in [0.3, 0.4) is 0 Å². The van der Waals surface area contributed by atoms with Crippen LogP contribution in [0.25, 0.3) is 11.4 Å². The molecule has 0 fully saturated rings. The second kappa shape index (κ2) is 5.85. The molecule has 1 heterocycles. The van der Waals surface area contributed by atoms with Gasteiger partial charge in [0.2, 0.25) is 0 Å². The summed E-state index contributed by atoms with van der Waals surface area (Å²) in [7, 11) is 0. The Morgan fingerprint density at radius 3 is 2.71 bits per heavy atom. The van der Waals surface area contributed by atoms with Crippen LogP contribution in [0.15, 0.2) is 59.4 Å². The lowest BCUT2D eigenvalue weighted by Gasteiger charge is -2.09. The Bertz CT molecular complexity index is 795. The van der Waals surface area contributed by atoms with Gasteiger partial charge in [-0.2, -0.15) is 9.77 Å². The van der Waals surface area contributed by atoms with E-state index in [0.717, 1.165) is 11.1 Å². The number of H-pyrrole nitrogens is 1. The molecule has 0 aliphatic heterocycles. The highest BCUT2D eigenvalue weighted by molar-refractivity contribution is 6.30. The van der Waals surface area contributed by atoms with Crippen molar-refractivity contribution in [2.24, 2.45) is 0 Å². The zero-order valence-corrected chi connectivity index (χ0v) is 11.8. The molecule has 0 aliphatic carbocycles. The molecule has 6 heteroatoms. The van der Waals surface area contributed by atoms with Crippen molar-refractivity contribution in [3.63, 3.8) is 0 Å². The van der Waals surface area contributed by atoms with Crippen molar-refractivity contribution in [1.29, 1.82) is 0 Å². The monoisotopic (exact) mass is 300 g/mol. The molecule has 0 atom stereocenters. The van der Waals surface area contributed by atoms with Crippen molar-refractivity contribution < 1.29 is 0 Å². The van der Waals surface area contributed by atoms with Crippen molar-refractivity contribution in [3.05, 3.63) is 75.7 Å². The minimum Gasteiger partial charge on any atom is -0.315 e. The smallest absolute Gasteiger partial charge is 0.315 e. The quantitative estimate of drug-likeness (QED) is 0.778. The van der Waals surface area contributed by atoms with Crippen molar-refractivity contribution in [1.82, 2.24) is 14.9 Å². The lowest BCUT2D eigenvalue weighted by molar-refractivity contribution is 0.811. The second-order valence-corrected chi connectivity index (χ2v) is 4.96. The molecule has 0 spiro atoms. The molecule has 21 heavy (non-hydrogen) atoms. The van der Waals surface area contributed by atoms with Gasteiger partial charge in [0.1, 0.15) is 0 Å². The van der Waals surface area contributed by atoms with Crippen molar-refractivity contribution in [2.75, 3.05) is 5.43 Å². The maximum absolute atomic E-state index is 11.9. The second-order valence-electron chi connectivity index (χ2n) is 4.52. The summed E-state index contributed by atoms with van der Waals surface area (Å²) >= 11 is 5.95. The van der Waals surface area contributed by atoms with Gasteiger partial charge in [0.25, 0.3) is 0 Å². The van der Waals surface area contributed by atoms with E-state index in [4.69, 9.17) is 11.6 Å². The molecule has 2 N–H and O–H groups in total. The van der Waals surface area contributed by atoms with Crippen molar-refractivity contribution >= 4 is 11.6 Å². The average molecular weight is 301 g/mol. The minimum atomic E-state index is -0.309. The van der Waals surface area contributed by atoms with E-state index in [1.807, 2.05) is 54.6 Å². The molecule has 106 valence electrons. The number of nitrogens with one attached hydrogen (secondary N) is 2. The molecule has 0 radical (unpaired) electrons. The molecule has 2 aromatic carbocycles. The maximum atomic E-state index is 11.9. The summed E-state index contributed by atoms with van der Waals surface area (Å²) in [6.07, 6.45) is 0. The highest BCUT2D eigenvalue weighted by atomic mass is 35.5. The average Bonchev–Trinajstić information content (AvgIpc) is 2.87. The summed E-state index contributed by atoms with van der Waals surface area (Å²) in [6, 6.07) is 17.0. The van der Waals surface area contributed by atoms with Crippen molar-refractivity contribution in [2.45, 2.75) is 6.54 Å². The largest absolute Gasteiger partial charge is 0.362 e. The number of hydrogen-bond acceptors (Lipinski definition) is 3. The van der Waals surface area contributed by atoms with Gasteiger partial charge in [-0.1, -0.05) is 54.1 Å². The zero-order valence-electron chi connectivity index (χ0n) is 11.1. The topological polar surface area (TPSA) is 62.7 Å². The van der Waals surface area contributed by atoms with Gasteiger partial charge in [-0.05, 0) is 17.7 Å². The fourth-order valence-corrected chi connectivity index (χ4v) is 2.25. The minimum absolute atomic E-state index is 0.309. The van der Waals surface area contributed by atoms with Gasteiger partial charge in [0, 0.05) is 10.6 Å². The van der Waals surface area contributed by atoms with Gasteiger partial charge in [0.15, 0.2) is 5.82 Å². The van der Waals surface area contributed by atoms with Crippen LogP contribution >= 0.6 is 11.6 Å². The Hall–Kier alpha value is -2.53.